The highest BCUT2D eigenvalue weighted by molar-refractivity contribution is 5.82. The second-order valence-corrected chi connectivity index (χ2v) is 5.48. The summed E-state index contributed by atoms with van der Waals surface area (Å²) in [5, 5.41) is 6.38. The third-order valence-corrected chi connectivity index (χ3v) is 3.99. The van der Waals surface area contributed by atoms with Crippen LogP contribution in [0.25, 0.3) is 0 Å². The predicted octanol–water partition coefficient (Wildman–Crippen LogP) is 2.37. The lowest BCUT2D eigenvalue weighted by molar-refractivity contribution is -0.133. The van der Waals surface area contributed by atoms with Crippen molar-refractivity contribution in [1.82, 2.24) is 10.6 Å². The Morgan fingerprint density at radius 2 is 2.16 bits per heavy atom. The molecule has 0 unspecified atom stereocenters. The number of amides is 1. The molecule has 0 radical (unpaired) electrons. The van der Waals surface area contributed by atoms with Gasteiger partial charge in [-0.25, -0.2) is 0 Å². The maximum absolute atomic E-state index is 12.5. The number of carbonyl (C=O) groups excluding carboxylic acids is 1. The standard InChI is InChI=1S/C15H24N2O2/c1-3-6-15(7-9-16-10-8-15)14(18)17-11-13-5-4-12(2)19-13/h4-5,16H,3,6-11H2,1-2H3,(H,17,18). The van der Waals surface area contributed by atoms with Crippen molar-refractivity contribution in [2.75, 3.05) is 13.1 Å². The van der Waals surface area contributed by atoms with Crippen LogP contribution in [-0.4, -0.2) is 19.0 Å². The van der Waals surface area contributed by atoms with Crippen molar-refractivity contribution in [2.24, 2.45) is 5.41 Å². The summed E-state index contributed by atoms with van der Waals surface area (Å²) in [6.45, 7) is 6.43. The lowest BCUT2D eigenvalue weighted by Gasteiger charge is -2.36. The van der Waals surface area contributed by atoms with Crippen LogP contribution in [0.1, 0.15) is 44.1 Å². The van der Waals surface area contributed by atoms with E-state index in [1.54, 1.807) is 0 Å². The molecular formula is C15H24N2O2. The molecule has 2 N–H and O–H groups in total. The van der Waals surface area contributed by atoms with E-state index < -0.39 is 0 Å². The number of hydrogen-bond donors (Lipinski definition) is 2. The molecule has 106 valence electrons. The van der Waals surface area contributed by atoms with Gasteiger partial charge in [0.25, 0.3) is 0 Å². The quantitative estimate of drug-likeness (QED) is 0.858. The van der Waals surface area contributed by atoms with Crippen LogP contribution in [-0.2, 0) is 11.3 Å². The van der Waals surface area contributed by atoms with Crippen LogP contribution in [0.4, 0.5) is 0 Å². The fourth-order valence-corrected chi connectivity index (χ4v) is 2.91. The monoisotopic (exact) mass is 264 g/mol. The van der Waals surface area contributed by atoms with Gasteiger partial charge in [0.05, 0.1) is 12.0 Å². The highest BCUT2D eigenvalue weighted by Crippen LogP contribution is 2.34. The summed E-state index contributed by atoms with van der Waals surface area (Å²) >= 11 is 0. The molecule has 0 saturated carbocycles. The molecule has 1 saturated heterocycles. The van der Waals surface area contributed by atoms with Crippen molar-refractivity contribution in [1.29, 1.82) is 0 Å². The van der Waals surface area contributed by atoms with Crippen molar-refractivity contribution in [3.05, 3.63) is 23.7 Å². The highest BCUT2D eigenvalue weighted by atomic mass is 16.3. The number of piperidine rings is 1. The molecule has 19 heavy (non-hydrogen) atoms. The Morgan fingerprint density at radius 1 is 1.42 bits per heavy atom. The number of aryl methyl sites for hydroxylation is 1. The van der Waals surface area contributed by atoms with Gasteiger partial charge in [0.2, 0.25) is 5.91 Å². The third-order valence-electron chi connectivity index (χ3n) is 3.99. The van der Waals surface area contributed by atoms with Crippen LogP contribution in [0.3, 0.4) is 0 Å². The van der Waals surface area contributed by atoms with Crippen LogP contribution in [0.5, 0.6) is 0 Å². The van der Waals surface area contributed by atoms with E-state index in [1.807, 2.05) is 19.1 Å². The zero-order chi connectivity index (χ0) is 13.7. The molecule has 0 spiro atoms. The van der Waals surface area contributed by atoms with E-state index in [2.05, 4.69) is 17.6 Å². The van der Waals surface area contributed by atoms with Gasteiger partial charge in [-0.3, -0.25) is 4.79 Å². The molecule has 1 aromatic rings. The molecule has 0 bridgehead atoms. The maximum atomic E-state index is 12.5. The minimum atomic E-state index is -0.179. The Kier molecular flexibility index (Phi) is 4.64. The van der Waals surface area contributed by atoms with Crippen molar-refractivity contribution in [3.63, 3.8) is 0 Å². The van der Waals surface area contributed by atoms with Gasteiger partial charge < -0.3 is 15.1 Å². The van der Waals surface area contributed by atoms with Gasteiger partial charge in [-0.15, -0.1) is 0 Å². The van der Waals surface area contributed by atoms with Gasteiger partial charge in [-0.05, 0) is 51.4 Å². The zero-order valence-electron chi connectivity index (χ0n) is 11.9. The summed E-state index contributed by atoms with van der Waals surface area (Å²) < 4.78 is 5.49. The predicted molar refractivity (Wildman–Crippen MR) is 74.7 cm³/mol. The van der Waals surface area contributed by atoms with Gasteiger partial charge in [0.1, 0.15) is 11.5 Å². The van der Waals surface area contributed by atoms with E-state index in [-0.39, 0.29) is 11.3 Å². The lowest BCUT2D eigenvalue weighted by atomic mass is 9.74. The first-order chi connectivity index (χ1) is 9.16. The third kappa shape index (κ3) is 3.38. The van der Waals surface area contributed by atoms with E-state index in [1.165, 1.54) is 0 Å². The van der Waals surface area contributed by atoms with Crippen LogP contribution in [0.2, 0.25) is 0 Å². The minimum Gasteiger partial charge on any atom is -0.465 e. The Morgan fingerprint density at radius 3 is 2.74 bits per heavy atom. The van der Waals surface area contributed by atoms with Crippen LogP contribution < -0.4 is 10.6 Å². The lowest BCUT2D eigenvalue weighted by Crippen LogP contribution is -2.47. The first-order valence-electron chi connectivity index (χ1n) is 7.21. The van der Waals surface area contributed by atoms with Crippen LogP contribution in [0.15, 0.2) is 16.5 Å². The van der Waals surface area contributed by atoms with Crippen molar-refractivity contribution >= 4 is 5.91 Å². The number of furan rings is 1. The molecule has 1 aliphatic heterocycles. The van der Waals surface area contributed by atoms with E-state index in [0.717, 1.165) is 50.3 Å². The Hall–Kier alpha value is -1.29. The first-order valence-corrected chi connectivity index (χ1v) is 7.21. The average molecular weight is 264 g/mol. The molecule has 4 heteroatoms. The van der Waals surface area contributed by atoms with Crippen LogP contribution in [0, 0.1) is 12.3 Å². The molecule has 2 heterocycles. The number of carbonyl (C=O) groups is 1. The SMILES string of the molecule is CCCC1(C(=O)NCc2ccc(C)o2)CCNCC1. The topological polar surface area (TPSA) is 54.3 Å². The Labute approximate surface area is 114 Å². The normalized spacial score (nSPS) is 18.2. The summed E-state index contributed by atoms with van der Waals surface area (Å²) in [6, 6.07) is 3.85. The largest absolute Gasteiger partial charge is 0.465 e. The Bertz CT molecular complexity index is 414. The summed E-state index contributed by atoms with van der Waals surface area (Å²) in [6.07, 6.45) is 3.89. The second-order valence-electron chi connectivity index (χ2n) is 5.48. The summed E-state index contributed by atoms with van der Waals surface area (Å²) in [4.78, 5) is 12.5. The number of rotatable bonds is 5. The molecule has 0 atom stereocenters. The molecule has 0 aromatic carbocycles. The van der Waals surface area contributed by atoms with Gasteiger partial charge in [-0.1, -0.05) is 13.3 Å². The molecule has 0 aliphatic carbocycles. The fourth-order valence-electron chi connectivity index (χ4n) is 2.91. The van der Waals surface area contributed by atoms with Crippen molar-refractivity contribution in [3.8, 4) is 0 Å². The van der Waals surface area contributed by atoms with Crippen molar-refractivity contribution < 1.29 is 9.21 Å². The van der Waals surface area contributed by atoms with Gasteiger partial charge in [-0.2, -0.15) is 0 Å². The smallest absolute Gasteiger partial charge is 0.226 e. The maximum Gasteiger partial charge on any atom is 0.226 e. The molecule has 1 amide bonds. The summed E-state index contributed by atoms with van der Waals surface area (Å²) in [5.41, 5.74) is -0.179. The van der Waals surface area contributed by atoms with Gasteiger partial charge in [0.15, 0.2) is 0 Å². The molecule has 4 nitrogen and oxygen atoms in total. The van der Waals surface area contributed by atoms with Gasteiger partial charge in [0, 0.05) is 0 Å². The van der Waals surface area contributed by atoms with Crippen molar-refractivity contribution in [2.45, 2.75) is 46.1 Å². The van der Waals surface area contributed by atoms with Crippen LogP contribution >= 0.6 is 0 Å². The van der Waals surface area contributed by atoms with E-state index in [4.69, 9.17) is 4.42 Å². The number of hydrogen-bond acceptors (Lipinski definition) is 3. The fraction of sp³-hybridized carbons (Fsp3) is 0.667. The minimum absolute atomic E-state index is 0.179. The molecule has 1 aromatic heterocycles. The van der Waals surface area contributed by atoms with E-state index in [9.17, 15) is 4.79 Å². The van der Waals surface area contributed by atoms with E-state index >= 15 is 0 Å². The highest BCUT2D eigenvalue weighted by Gasteiger charge is 2.38. The molecule has 1 aliphatic rings. The average Bonchev–Trinajstić information content (AvgIpc) is 2.83. The summed E-state index contributed by atoms with van der Waals surface area (Å²) in [5.74, 6) is 1.89. The zero-order valence-corrected chi connectivity index (χ0v) is 11.9. The Balaban J connectivity index is 1.95. The van der Waals surface area contributed by atoms with E-state index in [0.29, 0.717) is 6.54 Å². The molecular weight excluding hydrogens is 240 g/mol. The molecule has 1 fully saturated rings. The number of nitrogens with one attached hydrogen (secondary N) is 2. The van der Waals surface area contributed by atoms with Gasteiger partial charge >= 0.3 is 0 Å². The first kappa shape index (κ1) is 14.1. The summed E-state index contributed by atoms with van der Waals surface area (Å²) in [7, 11) is 0. The molecule has 2 rings (SSSR count). The second kappa shape index (κ2) is 6.24.